The maximum absolute atomic E-state index is 12.6. The number of carbonyl (C=O) groups excluding carboxylic acids is 2. The molecule has 1 amide bonds. The Bertz CT molecular complexity index is 909. The Hall–Kier alpha value is -3.19. The van der Waals surface area contributed by atoms with Crippen molar-refractivity contribution >= 4 is 28.3 Å². The van der Waals surface area contributed by atoms with Crippen molar-refractivity contribution in [1.29, 1.82) is 0 Å². The second-order valence-corrected chi connectivity index (χ2v) is 5.98. The van der Waals surface area contributed by atoms with Crippen LogP contribution >= 0.6 is 11.3 Å². The van der Waals surface area contributed by atoms with E-state index in [2.05, 4.69) is 10.3 Å². The third-order valence-corrected chi connectivity index (χ3v) is 4.07. The third-order valence-electron chi connectivity index (χ3n) is 3.31. The molecule has 1 heterocycles. The van der Waals surface area contributed by atoms with Gasteiger partial charge in [-0.2, -0.15) is 0 Å². The summed E-state index contributed by atoms with van der Waals surface area (Å²) in [5.74, 6) is 0.170. The fourth-order valence-electron chi connectivity index (χ4n) is 2.15. The predicted molar refractivity (Wildman–Crippen MR) is 99.0 cm³/mol. The molecule has 0 unspecified atom stereocenters. The van der Waals surface area contributed by atoms with Crippen LogP contribution in [0.5, 0.6) is 11.5 Å². The molecule has 0 bridgehead atoms. The Kier molecular flexibility index (Phi) is 5.60. The highest BCUT2D eigenvalue weighted by Gasteiger charge is 2.16. The number of thiazole rings is 1. The fraction of sp³-hybridized carbons (Fsp3) is 0.105. The molecule has 3 aromatic rings. The molecule has 0 radical (unpaired) electrons. The molecule has 26 heavy (non-hydrogen) atoms. The van der Waals surface area contributed by atoms with Crippen LogP contribution in [0.15, 0.2) is 60.0 Å². The van der Waals surface area contributed by atoms with Crippen molar-refractivity contribution in [1.82, 2.24) is 4.98 Å². The summed E-state index contributed by atoms with van der Waals surface area (Å²) in [6, 6.07) is 16.1. The second kappa shape index (κ2) is 8.26. The highest BCUT2D eigenvalue weighted by atomic mass is 32.1. The molecule has 0 spiro atoms. The molecule has 7 heteroatoms. The fourth-order valence-corrected chi connectivity index (χ4v) is 2.83. The van der Waals surface area contributed by atoms with Crippen LogP contribution in [0.2, 0.25) is 0 Å². The highest BCUT2D eigenvalue weighted by Crippen LogP contribution is 2.26. The van der Waals surface area contributed by atoms with Crippen molar-refractivity contribution in [2.45, 2.75) is 6.92 Å². The number of nitrogens with zero attached hydrogens (tertiary/aromatic N) is 1. The van der Waals surface area contributed by atoms with Crippen molar-refractivity contribution in [3.05, 3.63) is 71.2 Å². The van der Waals surface area contributed by atoms with Gasteiger partial charge in [-0.15, -0.1) is 11.3 Å². The zero-order valence-electron chi connectivity index (χ0n) is 14.0. The summed E-state index contributed by atoms with van der Waals surface area (Å²) in [7, 11) is 0. The van der Waals surface area contributed by atoms with Gasteiger partial charge in [-0.1, -0.05) is 30.3 Å². The number of benzene rings is 2. The normalized spacial score (nSPS) is 10.2. The number of aromatic nitrogens is 1. The van der Waals surface area contributed by atoms with Crippen LogP contribution in [-0.4, -0.2) is 23.5 Å². The van der Waals surface area contributed by atoms with E-state index in [4.69, 9.17) is 9.47 Å². The van der Waals surface area contributed by atoms with Gasteiger partial charge in [0.2, 0.25) is 0 Å². The Labute approximate surface area is 154 Å². The lowest BCUT2D eigenvalue weighted by atomic mass is 10.2. The second-order valence-electron chi connectivity index (χ2n) is 5.12. The number of carbonyl (C=O) groups is 2. The number of esters is 1. The van der Waals surface area contributed by atoms with Crippen LogP contribution in [0.1, 0.15) is 27.8 Å². The van der Waals surface area contributed by atoms with Crippen LogP contribution in [-0.2, 0) is 4.74 Å². The molecule has 0 aliphatic rings. The summed E-state index contributed by atoms with van der Waals surface area (Å²) < 4.78 is 10.7. The largest absolute Gasteiger partial charge is 0.461 e. The van der Waals surface area contributed by atoms with Crippen molar-refractivity contribution in [2.75, 3.05) is 11.9 Å². The first kappa shape index (κ1) is 17.6. The van der Waals surface area contributed by atoms with Crippen LogP contribution in [0.25, 0.3) is 0 Å². The Morgan fingerprint density at radius 1 is 1.08 bits per heavy atom. The lowest BCUT2D eigenvalue weighted by Crippen LogP contribution is -2.13. The molecule has 0 aliphatic carbocycles. The molecule has 6 nitrogen and oxygen atoms in total. The SMILES string of the molecule is CCOC(=O)c1csc(NC(=O)c2ccccc2Oc2ccccc2)n1. The Morgan fingerprint density at radius 3 is 2.58 bits per heavy atom. The summed E-state index contributed by atoms with van der Waals surface area (Å²) in [6.45, 7) is 1.98. The molecule has 132 valence electrons. The van der Waals surface area contributed by atoms with E-state index in [9.17, 15) is 9.59 Å². The van der Waals surface area contributed by atoms with E-state index >= 15 is 0 Å². The molecular weight excluding hydrogens is 352 g/mol. The quantitative estimate of drug-likeness (QED) is 0.654. The zero-order valence-corrected chi connectivity index (χ0v) is 14.8. The number of nitrogens with one attached hydrogen (secondary N) is 1. The van der Waals surface area contributed by atoms with Gasteiger partial charge < -0.3 is 9.47 Å². The predicted octanol–water partition coefficient (Wildman–Crippen LogP) is 4.36. The molecule has 0 fully saturated rings. The smallest absolute Gasteiger partial charge is 0.357 e. The molecular formula is C19H16N2O4S. The monoisotopic (exact) mass is 368 g/mol. The minimum absolute atomic E-state index is 0.168. The Morgan fingerprint density at radius 2 is 1.81 bits per heavy atom. The third kappa shape index (κ3) is 4.25. The first-order chi connectivity index (χ1) is 12.7. The topological polar surface area (TPSA) is 77.5 Å². The van der Waals surface area contributed by atoms with Crippen LogP contribution in [0.4, 0.5) is 5.13 Å². The first-order valence-corrected chi connectivity index (χ1v) is 8.81. The standard InChI is InChI=1S/C19H16N2O4S/c1-2-24-18(23)15-12-26-19(20-15)21-17(22)14-10-6-7-11-16(14)25-13-8-4-3-5-9-13/h3-12H,2H2,1H3,(H,20,21,22). The van der Waals surface area contributed by atoms with Gasteiger partial charge in [0, 0.05) is 5.38 Å². The van der Waals surface area contributed by atoms with E-state index < -0.39 is 5.97 Å². The van der Waals surface area contributed by atoms with Crippen LogP contribution < -0.4 is 10.1 Å². The molecule has 3 rings (SSSR count). The Balaban J connectivity index is 1.75. The summed E-state index contributed by atoms with van der Waals surface area (Å²) in [5.41, 5.74) is 0.533. The number of hydrogen-bond acceptors (Lipinski definition) is 6. The van der Waals surface area contributed by atoms with Gasteiger partial charge in [0.1, 0.15) is 11.5 Å². The summed E-state index contributed by atoms with van der Waals surface area (Å²) in [6.07, 6.45) is 0. The van der Waals surface area contributed by atoms with Gasteiger partial charge in [-0.25, -0.2) is 9.78 Å². The lowest BCUT2D eigenvalue weighted by Gasteiger charge is -2.10. The molecule has 0 atom stereocenters. The summed E-state index contributed by atoms with van der Waals surface area (Å²) in [5, 5.41) is 4.54. The van der Waals surface area contributed by atoms with Crippen molar-refractivity contribution < 1.29 is 19.1 Å². The maximum atomic E-state index is 12.6. The van der Waals surface area contributed by atoms with E-state index in [1.165, 1.54) is 0 Å². The molecule has 1 N–H and O–H groups in total. The van der Waals surface area contributed by atoms with E-state index in [1.807, 2.05) is 18.2 Å². The molecule has 1 aromatic heterocycles. The lowest BCUT2D eigenvalue weighted by molar-refractivity contribution is 0.0520. The van der Waals surface area contributed by atoms with Gasteiger partial charge in [-0.3, -0.25) is 10.1 Å². The van der Waals surface area contributed by atoms with Crippen LogP contribution in [0, 0.1) is 0 Å². The van der Waals surface area contributed by atoms with Gasteiger partial charge in [0.05, 0.1) is 12.2 Å². The highest BCUT2D eigenvalue weighted by molar-refractivity contribution is 7.14. The minimum atomic E-state index is -0.517. The molecule has 0 saturated carbocycles. The number of para-hydroxylation sites is 2. The molecule has 2 aromatic carbocycles. The number of rotatable bonds is 6. The van der Waals surface area contributed by atoms with Gasteiger partial charge in [0.15, 0.2) is 10.8 Å². The van der Waals surface area contributed by atoms with E-state index in [0.717, 1.165) is 11.3 Å². The van der Waals surface area contributed by atoms with Gasteiger partial charge >= 0.3 is 5.97 Å². The van der Waals surface area contributed by atoms with Crippen LogP contribution in [0.3, 0.4) is 0 Å². The van der Waals surface area contributed by atoms with E-state index in [-0.39, 0.29) is 18.2 Å². The summed E-state index contributed by atoms with van der Waals surface area (Å²) in [4.78, 5) is 28.3. The number of ether oxygens (including phenoxy) is 2. The summed E-state index contributed by atoms with van der Waals surface area (Å²) >= 11 is 1.15. The van der Waals surface area contributed by atoms with Crippen molar-refractivity contribution in [3.8, 4) is 11.5 Å². The number of anilines is 1. The zero-order chi connectivity index (χ0) is 18.4. The van der Waals surface area contributed by atoms with Crippen molar-refractivity contribution in [2.24, 2.45) is 0 Å². The van der Waals surface area contributed by atoms with E-state index in [0.29, 0.717) is 22.2 Å². The maximum Gasteiger partial charge on any atom is 0.357 e. The van der Waals surface area contributed by atoms with Gasteiger partial charge in [0.25, 0.3) is 5.91 Å². The number of amides is 1. The average molecular weight is 368 g/mol. The number of hydrogen-bond donors (Lipinski definition) is 1. The minimum Gasteiger partial charge on any atom is -0.461 e. The van der Waals surface area contributed by atoms with Gasteiger partial charge in [-0.05, 0) is 31.2 Å². The first-order valence-electron chi connectivity index (χ1n) is 7.93. The van der Waals surface area contributed by atoms with Crippen molar-refractivity contribution in [3.63, 3.8) is 0 Å². The molecule has 0 aliphatic heterocycles. The van der Waals surface area contributed by atoms with E-state index in [1.54, 1.807) is 48.7 Å². The average Bonchev–Trinajstić information content (AvgIpc) is 3.12. The molecule has 0 saturated heterocycles.